The molecule has 0 saturated carbocycles. The quantitative estimate of drug-likeness (QED) is 0.123. The second kappa shape index (κ2) is 10.2. The Labute approximate surface area is 213 Å². The van der Waals surface area contributed by atoms with Gasteiger partial charge in [-0.25, -0.2) is 14.0 Å². The summed E-state index contributed by atoms with van der Waals surface area (Å²) in [5, 5.41) is 3.25. The number of carbonyl (C=O) groups is 1. The average Bonchev–Trinajstić information content (AvgIpc) is 3.26. The molecule has 0 amide bonds. The lowest BCUT2D eigenvalue weighted by Gasteiger charge is -2.19. The lowest BCUT2D eigenvalue weighted by molar-refractivity contribution is -0.154. The van der Waals surface area contributed by atoms with Crippen molar-refractivity contribution >= 4 is 32.2 Å². The Morgan fingerprint density at radius 1 is 1.06 bits per heavy atom. The van der Waals surface area contributed by atoms with E-state index in [1.165, 1.54) is 16.8 Å². The first-order chi connectivity index (χ1) is 17.1. The van der Waals surface area contributed by atoms with Gasteiger partial charge in [0.15, 0.2) is 27.5 Å². The number of thiophene rings is 1. The van der Waals surface area contributed by atoms with Gasteiger partial charge in [0.1, 0.15) is 16.9 Å². The zero-order valence-corrected chi connectivity index (χ0v) is 21.3. The fraction of sp³-hybridized carbons (Fsp3) is 0.200. The normalized spacial score (nSPS) is 11.4. The summed E-state index contributed by atoms with van der Waals surface area (Å²) in [6.45, 7) is 14.3. The number of halogens is 1. The average molecular weight is 499 g/mol. The van der Waals surface area contributed by atoms with Crippen molar-refractivity contribution in [1.82, 2.24) is 0 Å². The van der Waals surface area contributed by atoms with Crippen molar-refractivity contribution in [3.8, 4) is 22.5 Å². The summed E-state index contributed by atoms with van der Waals surface area (Å²) in [5.41, 5.74) is 2.10. The summed E-state index contributed by atoms with van der Waals surface area (Å²) < 4.78 is 25.6. The molecule has 0 aliphatic heterocycles. The molecular weight excluding hydrogens is 473 g/mol. The van der Waals surface area contributed by atoms with Crippen LogP contribution in [0.1, 0.15) is 30.5 Å². The summed E-state index contributed by atoms with van der Waals surface area (Å²) in [6.07, 6.45) is 0. The topological polar surface area (TPSA) is 39.9 Å². The van der Waals surface area contributed by atoms with Gasteiger partial charge in [-0.1, -0.05) is 17.9 Å². The van der Waals surface area contributed by atoms with Crippen LogP contribution < -0.4 is 4.74 Å². The van der Waals surface area contributed by atoms with Crippen LogP contribution in [0.15, 0.2) is 66.0 Å². The van der Waals surface area contributed by atoms with Gasteiger partial charge >= 0.3 is 5.97 Å². The van der Waals surface area contributed by atoms with Gasteiger partial charge in [0.2, 0.25) is 0 Å². The Kier molecular flexibility index (Phi) is 7.10. The number of rotatable bonds is 5. The van der Waals surface area contributed by atoms with E-state index in [-0.39, 0.29) is 22.9 Å². The molecule has 0 radical (unpaired) electrons. The van der Waals surface area contributed by atoms with Crippen molar-refractivity contribution in [1.29, 1.82) is 0 Å². The highest BCUT2D eigenvalue weighted by atomic mass is 32.2. The number of fused-ring (bicyclic) bond motifs is 1. The maximum atomic E-state index is 13.1. The first-order valence-corrected chi connectivity index (χ1v) is 12.6. The van der Waals surface area contributed by atoms with Crippen LogP contribution in [0.25, 0.3) is 19.8 Å². The van der Waals surface area contributed by atoms with E-state index in [1.54, 1.807) is 26.0 Å². The highest BCUT2D eigenvalue weighted by Gasteiger charge is 2.22. The molecule has 1 atom stereocenters. The van der Waals surface area contributed by atoms with E-state index in [4.69, 9.17) is 16.0 Å². The van der Waals surface area contributed by atoms with Crippen LogP contribution in [-0.4, -0.2) is 18.2 Å². The van der Waals surface area contributed by atoms with Crippen molar-refractivity contribution in [2.75, 3.05) is 6.61 Å². The molecule has 0 aliphatic carbocycles. The number of ether oxygens (including phenoxy) is 2. The molecule has 3 aromatic carbocycles. The first kappa shape index (κ1) is 25.0. The number of hydrogen-bond donors (Lipinski definition) is 0. The summed E-state index contributed by atoms with van der Waals surface area (Å²) in [6, 6.07) is 17.8. The minimum Gasteiger partial charge on any atom is -0.481 e. The molecule has 0 aliphatic rings. The molecule has 1 unspecified atom stereocenters. The van der Waals surface area contributed by atoms with Crippen molar-refractivity contribution in [2.24, 2.45) is 0 Å². The molecule has 4 rings (SSSR count). The first-order valence-electron chi connectivity index (χ1n) is 11.3. The van der Waals surface area contributed by atoms with Crippen LogP contribution in [0, 0.1) is 38.1 Å². The molecule has 4 aromatic rings. The summed E-state index contributed by atoms with van der Waals surface area (Å²) in [5.74, 6) is 5.61. The van der Waals surface area contributed by atoms with E-state index in [9.17, 15) is 9.18 Å². The minimum absolute atomic E-state index is 0.217. The molecule has 180 valence electrons. The van der Waals surface area contributed by atoms with E-state index in [0.29, 0.717) is 17.0 Å². The molecule has 1 aromatic heterocycles. The third kappa shape index (κ3) is 5.74. The van der Waals surface area contributed by atoms with Crippen molar-refractivity contribution in [2.45, 2.75) is 33.3 Å². The lowest BCUT2D eigenvalue weighted by atomic mass is 10.1. The van der Waals surface area contributed by atoms with Gasteiger partial charge < -0.3 is 9.47 Å². The fourth-order valence-corrected chi connectivity index (χ4v) is 5.89. The summed E-state index contributed by atoms with van der Waals surface area (Å²) in [4.78, 5) is 17.2. The standard InChI is InChI=1S/C30H25FNO3S/c1-20-16-26(36-15-13-23-18-25(32-5)10-11-27(23)36)17-21(2)29(20)34-19-28(33)35-30(3,4)14-12-22-6-8-24(31)9-7-22/h6-11,13,15-18H,19H2,1-4H3/q+1. The molecule has 0 spiro atoms. The minimum atomic E-state index is -1.03. The van der Waals surface area contributed by atoms with Crippen molar-refractivity contribution in [3.63, 3.8) is 0 Å². The number of esters is 1. The van der Waals surface area contributed by atoms with E-state index >= 15 is 0 Å². The summed E-state index contributed by atoms with van der Waals surface area (Å²) >= 11 is 0. The smallest absolute Gasteiger partial charge is 0.345 e. The van der Waals surface area contributed by atoms with Gasteiger partial charge in [-0.3, -0.25) is 0 Å². The van der Waals surface area contributed by atoms with Gasteiger partial charge in [0, 0.05) is 39.6 Å². The molecule has 1 heterocycles. The monoisotopic (exact) mass is 498 g/mol. The molecule has 0 bridgehead atoms. The van der Waals surface area contributed by atoms with E-state index < -0.39 is 11.6 Å². The number of benzene rings is 3. The highest BCUT2D eigenvalue weighted by molar-refractivity contribution is 7.43. The maximum Gasteiger partial charge on any atom is 0.345 e. The molecule has 0 fully saturated rings. The highest BCUT2D eigenvalue weighted by Crippen LogP contribution is 2.43. The fourth-order valence-electron chi connectivity index (χ4n) is 3.85. The number of aryl methyl sites for hydroxylation is 2. The molecule has 6 heteroatoms. The third-order valence-corrected chi connectivity index (χ3v) is 7.48. The zero-order valence-electron chi connectivity index (χ0n) is 20.5. The number of hydrogen-bond acceptors (Lipinski definition) is 3. The Hall–Kier alpha value is -4.13. The van der Waals surface area contributed by atoms with Gasteiger partial charge in [-0.15, -0.1) is 0 Å². The predicted octanol–water partition coefficient (Wildman–Crippen LogP) is 7.64. The summed E-state index contributed by atoms with van der Waals surface area (Å²) in [7, 11) is -0.217. The molecule has 0 N–H and O–H groups in total. The van der Waals surface area contributed by atoms with E-state index in [2.05, 4.69) is 40.3 Å². The van der Waals surface area contributed by atoms with Gasteiger partial charge in [0.25, 0.3) is 0 Å². The third-order valence-electron chi connectivity index (χ3n) is 5.49. The van der Waals surface area contributed by atoms with Crippen LogP contribution >= 0.6 is 10.5 Å². The second-order valence-corrected chi connectivity index (χ2v) is 10.7. The second-order valence-electron chi connectivity index (χ2n) is 8.89. The van der Waals surface area contributed by atoms with Crippen LogP contribution in [0.3, 0.4) is 0 Å². The zero-order chi connectivity index (χ0) is 25.9. The van der Waals surface area contributed by atoms with E-state index in [0.717, 1.165) is 21.4 Å². The van der Waals surface area contributed by atoms with Crippen molar-refractivity contribution < 1.29 is 18.7 Å². The molecule has 4 nitrogen and oxygen atoms in total. The number of carbonyl (C=O) groups excluding carboxylic acids is 1. The van der Waals surface area contributed by atoms with Crippen LogP contribution in [0.2, 0.25) is 0 Å². The Bertz CT molecular complexity index is 1530. The van der Waals surface area contributed by atoms with Crippen LogP contribution in [0.5, 0.6) is 5.75 Å². The van der Waals surface area contributed by atoms with Crippen molar-refractivity contribution in [3.05, 3.63) is 100.0 Å². The maximum absolute atomic E-state index is 13.1. The van der Waals surface area contributed by atoms with E-state index in [1.807, 2.05) is 32.0 Å². The Balaban J connectivity index is 1.45. The van der Waals surface area contributed by atoms with Gasteiger partial charge in [-0.05, 0) is 75.2 Å². The Morgan fingerprint density at radius 2 is 1.75 bits per heavy atom. The lowest BCUT2D eigenvalue weighted by Crippen LogP contribution is -2.29. The SMILES string of the molecule is [C-]#[N+]c1ccc2c(cc[s+]2-c2cc(C)c(OCC(=O)OC(C)(C)C#Cc3ccc(F)cc3)c(C)c2)c1. The molecular formula is C30H25FNO3S+. The van der Waals surface area contributed by atoms with Gasteiger partial charge in [-0.2, -0.15) is 0 Å². The van der Waals surface area contributed by atoms with Crippen LogP contribution in [0.4, 0.5) is 10.1 Å². The number of nitrogens with zero attached hydrogens (tertiary/aromatic N) is 1. The molecule has 36 heavy (non-hydrogen) atoms. The largest absolute Gasteiger partial charge is 0.481 e. The predicted molar refractivity (Wildman–Crippen MR) is 142 cm³/mol. The van der Waals surface area contributed by atoms with Crippen LogP contribution in [-0.2, 0) is 9.53 Å². The Morgan fingerprint density at radius 3 is 2.42 bits per heavy atom. The van der Waals surface area contributed by atoms with Gasteiger partial charge in [0.05, 0.1) is 6.57 Å². The molecule has 0 saturated heterocycles.